The molecule has 1 amide bonds. The molecule has 0 aromatic rings. The molecule has 3 rings (SSSR count). The smallest absolute Gasteiger partial charge is 0.246 e. The molecule has 2 unspecified atom stereocenters. The first-order chi connectivity index (χ1) is 18.4. The van der Waals surface area contributed by atoms with Gasteiger partial charge in [-0.2, -0.15) is 0 Å². The minimum atomic E-state index is -1.39. The van der Waals surface area contributed by atoms with E-state index in [0.717, 1.165) is 0 Å². The van der Waals surface area contributed by atoms with Gasteiger partial charge in [0.2, 0.25) is 5.91 Å². The van der Waals surface area contributed by atoms with Crippen molar-refractivity contribution in [1.82, 2.24) is 16.0 Å². The molecule has 0 aromatic heterocycles. The summed E-state index contributed by atoms with van der Waals surface area (Å²) in [4.78, 5) is 12.1. The van der Waals surface area contributed by atoms with Gasteiger partial charge in [0.25, 0.3) is 0 Å². The quantitative estimate of drug-likeness (QED) is 0.112. The predicted octanol–water partition coefficient (Wildman–Crippen LogP) is -5.44. The van der Waals surface area contributed by atoms with E-state index in [9.17, 15) is 30.3 Å². The number of rotatable bonds is 11. The lowest BCUT2D eigenvalue weighted by Crippen LogP contribution is -2.69. The molecule has 15 nitrogen and oxygen atoms in total. The molecule has 2 fully saturated rings. The Balaban J connectivity index is 1.79. The maximum Gasteiger partial charge on any atom is 0.246 e. The molecule has 2 heterocycles. The zero-order valence-electron chi connectivity index (χ0n) is 22.3. The van der Waals surface area contributed by atoms with E-state index in [0.29, 0.717) is 12.2 Å². The van der Waals surface area contributed by atoms with Gasteiger partial charge in [0.1, 0.15) is 36.3 Å². The number of hydrogen-bond acceptors (Lipinski definition) is 14. The number of ether oxygens (including phenoxy) is 3. The van der Waals surface area contributed by atoms with Crippen LogP contribution in [0.15, 0.2) is 11.8 Å². The summed E-state index contributed by atoms with van der Waals surface area (Å²) in [5.74, 6) is -0.910. The van der Waals surface area contributed by atoms with Crippen molar-refractivity contribution in [3.63, 3.8) is 0 Å². The van der Waals surface area contributed by atoms with Crippen molar-refractivity contribution in [3.05, 3.63) is 11.8 Å². The number of hydrogen-bond donors (Lipinski definition) is 11. The molecule has 3 aliphatic rings. The van der Waals surface area contributed by atoms with Crippen LogP contribution in [0.4, 0.5) is 0 Å². The van der Waals surface area contributed by atoms with Crippen molar-refractivity contribution in [3.8, 4) is 0 Å². The van der Waals surface area contributed by atoms with Gasteiger partial charge in [0, 0.05) is 24.5 Å². The molecule has 0 spiro atoms. The Morgan fingerprint density at radius 2 is 1.97 bits per heavy atom. The Morgan fingerprint density at radius 3 is 2.62 bits per heavy atom. The van der Waals surface area contributed by atoms with Gasteiger partial charge in [-0.1, -0.05) is 0 Å². The highest BCUT2D eigenvalue weighted by atomic mass is 16.7. The summed E-state index contributed by atoms with van der Waals surface area (Å²) in [6.07, 6.45) is -4.33. The van der Waals surface area contributed by atoms with E-state index in [1.54, 1.807) is 13.1 Å². The van der Waals surface area contributed by atoms with Crippen LogP contribution in [-0.4, -0.2) is 143 Å². The first kappa shape index (κ1) is 32.0. The third-order valence-corrected chi connectivity index (χ3v) is 7.67. The maximum absolute atomic E-state index is 12.1. The fourth-order valence-corrected chi connectivity index (χ4v) is 5.64. The van der Waals surface area contributed by atoms with Gasteiger partial charge in [-0.05, 0) is 32.9 Å². The van der Waals surface area contributed by atoms with Gasteiger partial charge in [-0.3, -0.25) is 4.79 Å². The molecular formula is C24H45N5O10. The molecule has 39 heavy (non-hydrogen) atoms. The summed E-state index contributed by atoms with van der Waals surface area (Å²) in [6.45, 7) is 0.572. The average Bonchev–Trinajstić information content (AvgIpc) is 2.88. The van der Waals surface area contributed by atoms with E-state index < -0.39 is 85.0 Å². The van der Waals surface area contributed by atoms with E-state index in [2.05, 4.69) is 16.0 Å². The minimum absolute atomic E-state index is 0.140. The van der Waals surface area contributed by atoms with Gasteiger partial charge in [-0.25, -0.2) is 0 Å². The Labute approximate surface area is 227 Å². The lowest BCUT2D eigenvalue weighted by Gasteiger charge is -2.50. The monoisotopic (exact) mass is 563 g/mol. The first-order valence-corrected chi connectivity index (χ1v) is 13.2. The van der Waals surface area contributed by atoms with Crippen LogP contribution in [-0.2, 0) is 19.0 Å². The highest BCUT2D eigenvalue weighted by Gasteiger charge is 2.53. The molecule has 1 saturated carbocycles. The van der Waals surface area contributed by atoms with E-state index in [1.807, 2.05) is 0 Å². The topological polar surface area (TPSA) is 254 Å². The molecule has 226 valence electrons. The zero-order chi connectivity index (χ0) is 28.9. The number of amides is 1. The van der Waals surface area contributed by atoms with Crippen molar-refractivity contribution in [1.29, 1.82) is 0 Å². The Morgan fingerprint density at radius 1 is 1.26 bits per heavy atom. The molecule has 15 heteroatoms. The van der Waals surface area contributed by atoms with E-state index in [1.165, 1.54) is 6.92 Å². The maximum atomic E-state index is 12.1. The summed E-state index contributed by atoms with van der Waals surface area (Å²) >= 11 is 0. The summed E-state index contributed by atoms with van der Waals surface area (Å²) in [6, 6.07) is -2.85. The van der Waals surface area contributed by atoms with E-state index >= 15 is 0 Å². The van der Waals surface area contributed by atoms with Crippen LogP contribution in [0.5, 0.6) is 0 Å². The fraction of sp³-hybridized carbons (Fsp3) is 0.875. The molecule has 1 aliphatic carbocycles. The first-order valence-electron chi connectivity index (χ1n) is 13.2. The van der Waals surface area contributed by atoms with Gasteiger partial charge in [0.05, 0.1) is 44.1 Å². The number of nitrogens with one attached hydrogen (secondary N) is 3. The van der Waals surface area contributed by atoms with Crippen LogP contribution < -0.4 is 27.4 Å². The molecule has 1 saturated heterocycles. The van der Waals surface area contributed by atoms with Crippen molar-refractivity contribution >= 4 is 5.91 Å². The third kappa shape index (κ3) is 7.63. The Bertz CT molecular complexity index is 835. The SMILES string of the molecule is CN[C@@H]1[C@@H](O)[C@@H](O[C@@H]2[C@@H](O)[C@H](C3OC(CNCC(O)CO)=CC[C@H]3N)[C@@H](N)C[C@H]2NC(=O)CO)OC[C@]1(C)O. The number of carbonyl (C=O) groups is 1. The molecule has 2 aliphatic heterocycles. The highest BCUT2D eigenvalue weighted by Crippen LogP contribution is 2.36. The van der Waals surface area contributed by atoms with Crippen LogP contribution in [0, 0.1) is 5.92 Å². The highest BCUT2D eigenvalue weighted by molar-refractivity contribution is 5.77. The number of aliphatic hydroxyl groups is 6. The molecule has 0 bridgehead atoms. The molecule has 0 aromatic carbocycles. The summed E-state index contributed by atoms with van der Waals surface area (Å²) < 4.78 is 17.8. The number of nitrogens with two attached hydrogens (primary N) is 2. The van der Waals surface area contributed by atoms with Gasteiger partial charge in [-0.15, -0.1) is 0 Å². The second-order valence-electron chi connectivity index (χ2n) is 10.8. The van der Waals surface area contributed by atoms with Crippen LogP contribution >= 0.6 is 0 Å². The third-order valence-electron chi connectivity index (χ3n) is 7.67. The summed E-state index contributed by atoms with van der Waals surface area (Å²) in [5.41, 5.74) is 11.5. The Hall–Kier alpha value is -1.47. The number of aliphatic hydroxyl groups excluding tert-OH is 5. The second kappa shape index (κ2) is 13.9. The van der Waals surface area contributed by atoms with Crippen molar-refractivity contribution < 1.29 is 49.6 Å². The van der Waals surface area contributed by atoms with Crippen molar-refractivity contribution in [2.24, 2.45) is 17.4 Å². The van der Waals surface area contributed by atoms with Crippen LogP contribution in [0.25, 0.3) is 0 Å². The average molecular weight is 564 g/mol. The largest absolute Gasteiger partial charge is 0.492 e. The zero-order valence-corrected chi connectivity index (χ0v) is 22.3. The summed E-state index contributed by atoms with van der Waals surface area (Å²) in [5, 5.41) is 69.3. The Kier molecular flexibility index (Phi) is 11.5. The van der Waals surface area contributed by atoms with Gasteiger partial charge >= 0.3 is 0 Å². The molecule has 13 N–H and O–H groups in total. The van der Waals surface area contributed by atoms with Crippen LogP contribution in [0.3, 0.4) is 0 Å². The number of carbonyl (C=O) groups excluding carboxylic acids is 1. The van der Waals surface area contributed by atoms with Crippen LogP contribution in [0.1, 0.15) is 19.8 Å². The second-order valence-corrected chi connectivity index (χ2v) is 10.8. The fourth-order valence-electron chi connectivity index (χ4n) is 5.64. The van der Waals surface area contributed by atoms with Crippen molar-refractivity contribution in [2.75, 3.05) is 40.0 Å². The minimum Gasteiger partial charge on any atom is -0.492 e. The summed E-state index contributed by atoms with van der Waals surface area (Å²) in [7, 11) is 1.58. The molecule has 12 atom stereocenters. The standard InChI is InChI=1S/C24H45N5O10/c1-24(36)10-37-23(19(35)22(24)27-2)39-21-15(29-16(33)9-31)5-14(26)17(18(21)34)20-13(25)4-3-12(38-20)7-28-6-11(32)8-30/h3,11,13-15,17-23,27-28,30-32,34-36H,4-10,25-26H2,1-2H3,(H,29,33)/t11?,13-,14+,15-,17-,18+,19-,20?,21+,22-,23-,24+/m1/s1. The van der Waals surface area contributed by atoms with Crippen molar-refractivity contribution in [2.45, 2.75) is 86.3 Å². The number of likely N-dealkylation sites (N-methyl/N-ethyl adjacent to an activating group) is 1. The lowest BCUT2D eigenvalue weighted by atomic mass is 9.72. The lowest BCUT2D eigenvalue weighted by molar-refractivity contribution is -0.297. The van der Waals surface area contributed by atoms with E-state index in [-0.39, 0.29) is 32.7 Å². The van der Waals surface area contributed by atoms with Gasteiger partial charge in [0.15, 0.2) is 6.29 Å². The van der Waals surface area contributed by atoms with Crippen LogP contribution in [0.2, 0.25) is 0 Å². The van der Waals surface area contributed by atoms with Gasteiger partial charge < -0.3 is 72.3 Å². The predicted molar refractivity (Wildman–Crippen MR) is 137 cm³/mol. The van der Waals surface area contributed by atoms with E-state index in [4.69, 9.17) is 30.8 Å². The molecule has 0 radical (unpaired) electrons. The normalized spacial score (nSPS) is 41.8. The molecular weight excluding hydrogens is 518 g/mol.